The lowest BCUT2D eigenvalue weighted by Gasteiger charge is -2.15. The molecule has 0 aliphatic carbocycles. The number of fused-ring (bicyclic) bond motifs is 2. The molecule has 1 aliphatic heterocycles. The van der Waals surface area contributed by atoms with Gasteiger partial charge in [-0.3, -0.25) is 9.59 Å². The van der Waals surface area contributed by atoms with E-state index in [4.69, 9.17) is 9.47 Å². The van der Waals surface area contributed by atoms with Crippen LogP contribution in [-0.4, -0.2) is 32.3 Å². The summed E-state index contributed by atoms with van der Waals surface area (Å²) in [6.45, 7) is 5.78. The molecule has 4 aromatic rings. The zero-order valence-electron chi connectivity index (χ0n) is 18.5. The number of nitrogens with zero attached hydrogens (tertiary/aromatic N) is 4. The van der Waals surface area contributed by atoms with Crippen molar-refractivity contribution in [1.29, 1.82) is 0 Å². The number of para-hydroxylation sites is 1. The molecule has 33 heavy (non-hydrogen) atoms. The maximum Gasteiger partial charge on any atom is 0.278 e. The lowest BCUT2D eigenvalue weighted by molar-refractivity contribution is -0.124. The number of aromatic nitrogens is 4. The standard InChI is InChI=1S/C24H23N5O4/c1-14-22-21(15(2)28(27-22)18-7-5-4-6-8-18)24(31)29(26-14)16(3)23(30)25-12-17-9-10-19-20(11-17)33-13-32-19/h4-11,16H,12-13H2,1-3H3,(H,25,30)/t16-/m0/s1. The van der Waals surface area contributed by atoms with E-state index in [1.54, 1.807) is 18.5 Å². The number of ether oxygens (including phenoxy) is 2. The van der Waals surface area contributed by atoms with E-state index in [0.29, 0.717) is 40.3 Å². The Hall–Kier alpha value is -4.14. The summed E-state index contributed by atoms with van der Waals surface area (Å²) < 4.78 is 13.7. The first-order chi connectivity index (χ1) is 15.9. The Balaban J connectivity index is 1.43. The Labute approximate surface area is 189 Å². The van der Waals surface area contributed by atoms with Crippen molar-refractivity contribution < 1.29 is 14.3 Å². The Morgan fingerprint density at radius 2 is 1.85 bits per heavy atom. The molecule has 0 spiro atoms. The van der Waals surface area contributed by atoms with Gasteiger partial charge < -0.3 is 14.8 Å². The number of hydrogen-bond donors (Lipinski definition) is 1. The van der Waals surface area contributed by atoms with Crippen molar-refractivity contribution >= 4 is 16.8 Å². The van der Waals surface area contributed by atoms with Crippen LogP contribution in [0.15, 0.2) is 53.3 Å². The van der Waals surface area contributed by atoms with E-state index in [1.807, 2.05) is 55.5 Å². The Morgan fingerprint density at radius 3 is 2.64 bits per heavy atom. The number of nitrogens with one attached hydrogen (secondary N) is 1. The molecule has 3 heterocycles. The van der Waals surface area contributed by atoms with Gasteiger partial charge in [-0.15, -0.1) is 0 Å². The number of rotatable bonds is 5. The van der Waals surface area contributed by atoms with Crippen LogP contribution in [0.5, 0.6) is 11.5 Å². The highest BCUT2D eigenvalue weighted by atomic mass is 16.7. The van der Waals surface area contributed by atoms with Crippen LogP contribution in [0.25, 0.3) is 16.6 Å². The van der Waals surface area contributed by atoms with Gasteiger partial charge in [0.15, 0.2) is 11.5 Å². The van der Waals surface area contributed by atoms with Gasteiger partial charge in [0.2, 0.25) is 12.7 Å². The van der Waals surface area contributed by atoms with Crippen molar-refractivity contribution in [2.45, 2.75) is 33.4 Å². The monoisotopic (exact) mass is 445 g/mol. The highest BCUT2D eigenvalue weighted by Gasteiger charge is 2.23. The van der Waals surface area contributed by atoms with E-state index in [9.17, 15) is 9.59 Å². The molecule has 9 nitrogen and oxygen atoms in total. The van der Waals surface area contributed by atoms with Crippen LogP contribution in [0.4, 0.5) is 0 Å². The zero-order valence-corrected chi connectivity index (χ0v) is 18.5. The molecule has 2 aromatic carbocycles. The third kappa shape index (κ3) is 3.61. The number of amides is 1. The van der Waals surface area contributed by atoms with Crippen molar-refractivity contribution in [3.05, 3.63) is 75.8 Å². The van der Waals surface area contributed by atoms with Crippen LogP contribution in [-0.2, 0) is 11.3 Å². The van der Waals surface area contributed by atoms with Crippen LogP contribution in [0.1, 0.15) is 29.9 Å². The Kier molecular flexibility index (Phi) is 5.08. The Morgan fingerprint density at radius 1 is 1.09 bits per heavy atom. The minimum Gasteiger partial charge on any atom is -0.454 e. The van der Waals surface area contributed by atoms with Gasteiger partial charge in [0, 0.05) is 6.54 Å². The summed E-state index contributed by atoms with van der Waals surface area (Å²) in [5.41, 5.74) is 3.19. The summed E-state index contributed by atoms with van der Waals surface area (Å²) in [5, 5.41) is 12.3. The molecule has 1 atom stereocenters. The molecule has 1 amide bonds. The van der Waals surface area contributed by atoms with Crippen LogP contribution >= 0.6 is 0 Å². The van der Waals surface area contributed by atoms with E-state index >= 15 is 0 Å². The van der Waals surface area contributed by atoms with E-state index in [-0.39, 0.29) is 18.3 Å². The summed E-state index contributed by atoms with van der Waals surface area (Å²) >= 11 is 0. The minimum atomic E-state index is -0.797. The number of aryl methyl sites for hydroxylation is 2. The summed E-state index contributed by atoms with van der Waals surface area (Å²) in [6, 6.07) is 14.3. The normalized spacial score (nSPS) is 13.3. The SMILES string of the molecule is Cc1nn([C@@H](C)C(=O)NCc2ccc3c(c2)OCO3)c(=O)c2c(C)n(-c3ccccc3)nc12. The van der Waals surface area contributed by atoms with E-state index in [0.717, 1.165) is 11.3 Å². The summed E-state index contributed by atoms with van der Waals surface area (Å²) in [5.74, 6) is 1.03. The summed E-state index contributed by atoms with van der Waals surface area (Å²) in [6.07, 6.45) is 0. The van der Waals surface area contributed by atoms with Gasteiger partial charge in [-0.25, -0.2) is 9.36 Å². The molecule has 168 valence electrons. The number of carbonyl (C=O) groups excluding carboxylic acids is 1. The lowest BCUT2D eigenvalue weighted by Crippen LogP contribution is -2.37. The van der Waals surface area contributed by atoms with Gasteiger partial charge in [-0.1, -0.05) is 24.3 Å². The molecule has 5 rings (SSSR count). The van der Waals surface area contributed by atoms with Crippen LogP contribution in [0.2, 0.25) is 0 Å². The maximum absolute atomic E-state index is 13.3. The van der Waals surface area contributed by atoms with Crippen molar-refractivity contribution in [1.82, 2.24) is 24.9 Å². The molecule has 1 N–H and O–H groups in total. The molecular formula is C24H23N5O4. The smallest absolute Gasteiger partial charge is 0.278 e. The molecule has 1 aliphatic rings. The number of carbonyl (C=O) groups is 1. The maximum atomic E-state index is 13.3. The third-order valence-electron chi connectivity index (χ3n) is 5.79. The first-order valence-corrected chi connectivity index (χ1v) is 10.6. The average Bonchev–Trinajstić information content (AvgIpc) is 3.44. The average molecular weight is 445 g/mol. The second-order valence-electron chi connectivity index (χ2n) is 7.97. The largest absolute Gasteiger partial charge is 0.454 e. The summed E-state index contributed by atoms with van der Waals surface area (Å²) in [4.78, 5) is 26.2. The highest BCUT2D eigenvalue weighted by molar-refractivity contribution is 5.84. The number of benzene rings is 2. The van der Waals surface area contributed by atoms with Crippen molar-refractivity contribution in [2.24, 2.45) is 0 Å². The zero-order chi connectivity index (χ0) is 23.1. The van der Waals surface area contributed by atoms with Crippen molar-refractivity contribution in [3.63, 3.8) is 0 Å². The quantitative estimate of drug-likeness (QED) is 0.507. The fourth-order valence-electron chi connectivity index (χ4n) is 3.96. The lowest BCUT2D eigenvalue weighted by atomic mass is 10.2. The van der Waals surface area contributed by atoms with Gasteiger partial charge in [-0.05, 0) is 50.6 Å². The fourth-order valence-corrected chi connectivity index (χ4v) is 3.96. The Bertz CT molecular complexity index is 1420. The molecule has 0 fully saturated rings. The molecule has 9 heteroatoms. The van der Waals surface area contributed by atoms with Crippen molar-refractivity contribution in [3.8, 4) is 17.2 Å². The second kappa shape index (κ2) is 8.09. The van der Waals surface area contributed by atoms with Crippen LogP contribution in [0.3, 0.4) is 0 Å². The molecule has 0 radical (unpaired) electrons. The van der Waals surface area contributed by atoms with Gasteiger partial charge in [0.05, 0.1) is 22.5 Å². The van der Waals surface area contributed by atoms with Gasteiger partial charge in [-0.2, -0.15) is 10.2 Å². The molecule has 0 saturated heterocycles. The molecule has 0 bridgehead atoms. The van der Waals surface area contributed by atoms with E-state index in [1.165, 1.54) is 4.68 Å². The van der Waals surface area contributed by atoms with Crippen LogP contribution in [0, 0.1) is 13.8 Å². The van der Waals surface area contributed by atoms with Gasteiger partial charge in [0.1, 0.15) is 11.6 Å². The van der Waals surface area contributed by atoms with Gasteiger partial charge >= 0.3 is 0 Å². The summed E-state index contributed by atoms with van der Waals surface area (Å²) in [7, 11) is 0. The van der Waals surface area contributed by atoms with E-state index < -0.39 is 6.04 Å². The predicted octanol–water partition coefficient (Wildman–Crippen LogP) is 2.81. The van der Waals surface area contributed by atoms with E-state index in [2.05, 4.69) is 15.5 Å². The predicted molar refractivity (Wildman–Crippen MR) is 122 cm³/mol. The van der Waals surface area contributed by atoms with Gasteiger partial charge in [0.25, 0.3) is 5.56 Å². The minimum absolute atomic E-state index is 0.193. The molecular weight excluding hydrogens is 422 g/mol. The second-order valence-corrected chi connectivity index (χ2v) is 7.97. The van der Waals surface area contributed by atoms with Crippen molar-refractivity contribution in [2.75, 3.05) is 6.79 Å². The molecule has 2 aromatic heterocycles. The first kappa shape index (κ1) is 20.7. The fraction of sp³-hybridized carbons (Fsp3) is 0.250. The highest BCUT2D eigenvalue weighted by Crippen LogP contribution is 2.32. The molecule has 0 unspecified atom stereocenters. The topological polar surface area (TPSA) is 100 Å². The third-order valence-corrected chi connectivity index (χ3v) is 5.79. The number of hydrogen-bond acceptors (Lipinski definition) is 6. The first-order valence-electron chi connectivity index (χ1n) is 10.6. The van der Waals surface area contributed by atoms with Crippen LogP contribution < -0.4 is 20.3 Å². The molecule has 0 saturated carbocycles.